The number of rotatable bonds is 4. The van der Waals surface area contributed by atoms with E-state index in [1.54, 1.807) is 30.1 Å². The van der Waals surface area contributed by atoms with E-state index >= 15 is 0 Å². The molecule has 0 bridgehead atoms. The molecule has 5 heteroatoms. The molecule has 1 aromatic heterocycles. The van der Waals surface area contributed by atoms with Crippen LogP contribution in [0.4, 0.5) is 5.82 Å². The average molecular weight is 220 g/mol. The number of nitrogen functional groups attached to an aromatic ring is 1. The van der Waals surface area contributed by atoms with E-state index in [2.05, 4.69) is 10.4 Å². The minimum absolute atomic E-state index is 0.152. The Balaban J connectivity index is 2.46. The first-order valence-electron chi connectivity index (χ1n) is 4.98. The number of carbonyl (C=O) groups excluding carboxylic acids is 1. The fraction of sp³-hybridized carbons (Fsp3) is 0.273. The van der Waals surface area contributed by atoms with Crippen LogP contribution in [0.3, 0.4) is 0 Å². The first-order valence-corrected chi connectivity index (χ1v) is 4.98. The standard InChI is InChI=1S/C11H16N4O/c1-3-4-5-6-10(16)13-7-9-8-14-15(2)11(9)12/h3-6,8H,7,12H2,1-2H3,(H,13,16). The van der Waals surface area contributed by atoms with Crippen LogP contribution in [0.1, 0.15) is 12.5 Å². The van der Waals surface area contributed by atoms with E-state index in [1.807, 2.05) is 13.0 Å². The summed E-state index contributed by atoms with van der Waals surface area (Å²) < 4.78 is 1.57. The van der Waals surface area contributed by atoms with Gasteiger partial charge in [0.1, 0.15) is 5.82 Å². The third-order valence-electron chi connectivity index (χ3n) is 2.07. The Morgan fingerprint density at radius 1 is 1.62 bits per heavy atom. The lowest BCUT2D eigenvalue weighted by Gasteiger charge is -2.01. The molecule has 1 heterocycles. The van der Waals surface area contributed by atoms with Crippen LogP contribution in [-0.4, -0.2) is 15.7 Å². The van der Waals surface area contributed by atoms with Gasteiger partial charge in [0.2, 0.25) is 5.91 Å². The molecule has 1 aromatic rings. The first kappa shape index (κ1) is 12.0. The summed E-state index contributed by atoms with van der Waals surface area (Å²) in [4.78, 5) is 11.3. The third kappa shape index (κ3) is 3.27. The molecule has 0 aromatic carbocycles. The highest BCUT2D eigenvalue weighted by molar-refractivity contribution is 5.87. The van der Waals surface area contributed by atoms with Crippen LogP contribution in [0.5, 0.6) is 0 Å². The lowest BCUT2D eigenvalue weighted by Crippen LogP contribution is -2.20. The summed E-state index contributed by atoms with van der Waals surface area (Å²) in [6.45, 7) is 2.28. The summed E-state index contributed by atoms with van der Waals surface area (Å²) in [6, 6.07) is 0. The molecule has 0 fully saturated rings. The summed E-state index contributed by atoms with van der Waals surface area (Å²) in [6.07, 6.45) is 8.43. The maximum Gasteiger partial charge on any atom is 0.244 e. The molecule has 0 aliphatic heterocycles. The Morgan fingerprint density at radius 3 is 2.94 bits per heavy atom. The number of nitrogens with two attached hydrogens (primary N) is 1. The van der Waals surface area contributed by atoms with Crippen LogP contribution in [-0.2, 0) is 18.4 Å². The Kier molecular flexibility index (Phi) is 4.32. The van der Waals surface area contributed by atoms with E-state index in [1.165, 1.54) is 6.08 Å². The monoisotopic (exact) mass is 220 g/mol. The molecule has 0 radical (unpaired) electrons. The molecule has 86 valence electrons. The predicted octanol–water partition coefficient (Wildman–Crippen LogP) is 0.751. The molecule has 1 amide bonds. The number of allylic oxidation sites excluding steroid dienone is 3. The van der Waals surface area contributed by atoms with Crippen molar-refractivity contribution in [3.63, 3.8) is 0 Å². The summed E-state index contributed by atoms with van der Waals surface area (Å²) in [5.41, 5.74) is 6.55. The zero-order valence-corrected chi connectivity index (χ0v) is 9.47. The maximum atomic E-state index is 11.3. The SMILES string of the molecule is CC=CC=CC(=O)NCc1cnn(C)c1N. The molecule has 5 nitrogen and oxygen atoms in total. The van der Waals surface area contributed by atoms with Gasteiger partial charge in [-0.05, 0) is 6.92 Å². The molecule has 0 aliphatic carbocycles. The van der Waals surface area contributed by atoms with Crippen LogP contribution in [0.2, 0.25) is 0 Å². The highest BCUT2D eigenvalue weighted by atomic mass is 16.1. The van der Waals surface area contributed by atoms with Gasteiger partial charge in [-0.15, -0.1) is 0 Å². The van der Waals surface area contributed by atoms with Gasteiger partial charge in [0, 0.05) is 25.2 Å². The van der Waals surface area contributed by atoms with Crippen LogP contribution in [0.25, 0.3) is 0 Å². The number of aromatic nitrogens is 2. The predicted molar refractivity (Wildman–Crippen MR) is 63.4 cm³/mol. The van der Waals surface area contributed by atoms with Crippen LogP contribution < -0.4 is 11.1 Å². The normalized spacial score (nSPS) is 11.4. The first-order chi connectivity index (χ1) is 7.65. The average Bonchev–Trinajstić information content (AvgIpc) is 2.58. The second-order valence-electron chi connectivity index (χ2n) is 3.28. The number of carbonyl (C=O) groups is 1. The topological polar surface area (TPSA) is 72.9 Å². The van der Waals surface area contributed by atoms with Crippen molar-refractivity contribution in [2.45, 2.75) is 13.5 Å². The van der Waals surface area contributed by atoms with Gasteiger partial charge in [0.05, 0.1) is 6.20 Å². The number of amides is 1. The Labute approximate surface area is 94.6 Å². The lowest BCUT2D eigenvalue weighted by atomic mass is 10.3. The Morgan fingerprint density at radius 2 is 2.38 bits per heavy atom. The molecule has 0 saturated carbocycles. The highest BCUT2D eigenvalue weighted by Gasteiger charge is 2.04. The van der Waals surface area contributed by atoms with Gasteiger partial charge < -0.3 is 11.1 Å². The zero-order valence-electron chi connectivity index (χ0n) is 9.47. The summed E-state index contributed by atoms with van der Waals surface area (Å²) in [5, 5.41) is 6.70. The van der Waals surface area contributed by atoms with E-state index in [0.717, 1.165) is 5.56 Å². The van der Waals surface area contributed by atoms with Crippen molar-refractivity contribution >= 4 is 11.7 Å². The maximum absolute atomic E-state index is 11.3. The fourth-order valence-corrected chi connectivity index (χ4v) is 1.12. The van der Waals surface area contributed by atoms with E-state index in [9.17, 15) is 4.79 Å². The molecule has 0 unspecified atom stereocenters. The molecule has 1 rings (SSSR count). The lowest BCUT2D eigenvalue weighted by molar-refractivity contribution is -0.116. The molecule has 3 N–H and O–H groups in total. The number of nitrogens with zero attached hydrogens (tertiary/aromatic N) is 2. The fourth-order valence-electron chi connectivity index (χ4n) is 1.12. The van der Waals surface area contributed by atoms with Gasteiger partial charge in [-0.2, -0.15) is 5.10 Å². The number of aryl methyl sites for hydroxylation is 1. The summed E-state index contributed by atoms with van der Waals surface area (Å²) in [7, 11) is 1.76. The second-order valence-corrected chi connectivity index (χ2v) is 3.28. The largest absolute Gasteiger partial charge is 0.384 e. The molecule has 0 aliphatic rings. The minimum atomic E-state index is -0.152. The minimum Gasteiger partial charge on any atom is -0.384 e. The molecular weight excluding hydrogens is 204 g/mol. The molecule has 0 spiro atoms. The van der Waals surface area contributed by atoms with Gasteiger partial charge in [-0.3, -0.25) is 9.48 Å². The second kappa shape index (κ2) is 5.75. The molecule has 0 atom stereocenters. The van der Waals surface area contributed by atoms with Crippen molar-refractivity contribution in [3.05, 3.63) is 36.1 Å². The Hall–Kier alpha value is -2.04. The molecule has 16 heavy (non-hydrogen) atoms. The van der Waals surface area contributed by atoms with Gasteiger partial charge in [0.25, 0.3) is 0 Å². The van der Waals surface area contributed by atoms with Crippen molar-refractivity contribution in [2.75, 3.05) is 5.73 Å². The van der Waals surface area contributed by atoms with E-state index in [4.69, 9.17) is 5.73 Å². The number of nitrogens with one attached hydrogen (secondary N) is 1. The number of hydrogen-bond acceptors (Lipinski definition) is 3. The van der Waals surface area contributed by atoms with E-state index in [0.29, 0.717) is 12.4 Å². The van der Waals surface area contributed by atoms with Gasteiger partial charge in [0.15, 0.2) is 0 Å². The van der Waals surface area contributed by atoms with Gasteiger partial charge in [-0.25, -0.2) is 0 Å². The van der Waals surface area contributed by atoms with E-state index < -0.39 is 0 Å². The van der Waals surface area contributed by atoms with Crippen LogP contribution in [0, 0.1) is 0 Å². The van der Waals surface area contributed by atoms with Gasteiger partial charge >= 0.3 is 0 Å². The third-order valence-corrected chi connectivity index (χ3v) is 2.07. The van der Waals surface area contributed by atoms with Crippen molar-refractivity contribution in [2.24, 2.45) is 7.05 Å². The summed E-state index contributed by atoms with van der Waals surface area (Å²) in [5.74, 6) is 0.416. The van der Waals surface area contributed by atoms with E-state index in [-0.39, 0.29) is 5.91 Å². The smallest absolute Gasteiger partial charge is 0.244 e. The highest BCUT2D eigenvalue weighted by Crippen LogP contribution is 2.07. The molecule has 0 saturated heterocycles. The van der Waals surface area contributed by atoms with Crippen molar-refractivity contribution in [3.8, 4) is 0 Å². The van der Waals surface area contributed by atoms with Crippen molar-refractivity contribution < 1.29 is 4.79 Å². The summed E-state index contributed by atoms with van der Waals surface area (Å²) >= 11 is 0. The van der Waals surface area contributed by atoms with Crippen molar-refractivity contribution in [1.29, 1.82) is 0 Å². The number of anilines is 1. The van der Waals surface area contributed by atoms with Crippen LogP contribution >= 0.6 is 0 Å². The quantitative estimate of drug-likeness (QED) is 0.581. The van der Waals surface area contributed by atoms with Crippen LogP contribution in [0.15, 0.2) is 30.5 Å². The zero-order chi connectivity index (χ0) is 12.0. The molecular formula is C11H16N4O. The number of hydrogen-bond donors (Lipinski definition) is 2. The van der Waals surface area contributed by atoms with Gasteiger partial charge in [-0.1, -0.05) is 18.2 Å². The van der Waals surface area contributed by atoms with Crippen molar-refractivity contribution in [1.82, 2.24) is 15.1 Å². The Bertz CT molecular complexity index is 418.